The summed E-state index contributed by atoms with van der Waals surface area (Å²) in [6, 6.07) is 25.3. The predicted molar refractivity (Wildman–Crippen MR) is 101 cm³/mol. The molecule has 3 aromatic rings. The fraction of sp³-hybridized carbons (Fsp3) is 0.0952. The quantitative estimate of drug-likeness (QED) is 0.710. The molecule has 0 bridgehead atoms. The number of fused-ring (bicyclic) bond motifs is 1. The molecule has 0 unspecified atom stereocenters. The molecule has 1 aliphatic heterocycles. The van der Waals surface area contributed by atoms with E-state index < -0.39 is 0 Å². The molecule has 0 aromatic heterocycles. The normalized spacial score (nSPS) is 16.0. The van der Waals surface area contributed by atoms with E-state index in [9.17, 15) is 4.79 Å². The van der Waals surface area contributed by atoms with Crippen molar-refractivity contribution in [1.29, 1.82) is 0 Å². The van der Waals surface area contributed by atoms with Crippen LogP contribution in [0.1, 0.15) is 27.7 Å². The van der Waals surface area contributed by atoms with Crippen LogP contribution in [0.25, 0.3) is 0 Å². The zero-order valence-corrected chi connectivity index (χ0v) is 14.3. The maximum Gasteiger partial charge on any atom is 0.256 e. The van der Waals surface area contributed by atoms with Gasteiger partial charge < -0.3 is 10.2 Å². The molecule has 1 atom stereocenters. The number of amides is 1. The van der Waals surface area contributed by atoms with Gasteiger partial charge in [-0.15, -0.1) is 0 Å². The zero-order chi connectivity index (χ0) is 17.2. The van der Waals surface area contributed by atoms with Gasteiger partial charge in [0.15, 0.2) is 0 Å². The molecule has 0 fully saturated rings. The number of benzene rings is 3. The number of nitrogens with zero attached hydrogens (tertiary/aromatic N) is 1. The monoisotopic (exact) mass is 348 g/mol. The molecule has 1 N–H and O–H groups in total. The molecule has 25 heavy (non-hydrogen) atoms. The van der Waals surface area contributed by atoms with Gasteiger partial charge in [-0.1, -0.05) is 72.3 Å². The second-order valence-electron chi connectivity index (χ2n) is 6.03. The molecule has 1 aliphatic rings. The number of halogens is 1. The zero-order valence-electron chi connectivity index (χ0n) is 13.5. The number of hydrogen-bond donors (Lipinski definition) is 1. The highest BCUT2D eigenvalue weighted by Crippen LogP contribution is 2.36. The van der Waals surface area contributed by atoms with Gasteiger partial charge >= 0.3 is 0 Å². The Morgan fingerprint density at radius 2 is 1.56 bits per heavy atom. The van der Waals surface area contributed by atoms with E-state index in [2.05, 4.69) is 5.32 Å². The maximum atomic E-state index is 12.9. The number of nitrogens with one attached hydrogen (secondary N) is 1. The van der Waals surface area contributed by atoms with Gasteiger partial charge in [-0.2, -0.15) is 0 Å². The van der Waals surface area contributed by atoms with Crippen LogP contribution in [0.5, 0.6) is 0 Å². The van der Waals surface area contributed by atoms with Crippen LogP contribution in [0.2, 0.25) is 5.02 Å². The molecule has 0 spiro atoms. The van der Waals surface area contributed by atoms with Gasteiger partial charge in [-0.3, -0.25) is 4.79 Å². The first-order chi connectivity index (χ1) is 12.2. The molecule has 0 aliphatic carbocycles. The van der Waals surface area contributed by atoms with Crippen LogP contribution in [0, 0.1) is 0 Å². The first-order valence-corrected chi connectivity index (χ1v) is 8.57. The van der Waals surface area contributed by atoms with Crippen LogP contribution in [0.3, 0.4) is 0 Å². The first-order valence-electron chi connectivity index (χ1n) is 8.19. The fourth-order valence-corrected chi connectivity index (χ4v) is 3.38. The van der Waals surface area contributed by atoms with Gasteiger partial charge in [0.2, 0.25) is 0 Å². The summed E-state index contributed by atoms with van der Waals surface area (Å²) in [4.78, 5) is 14.8. The standard InChI is InChI=1S/C21H17ClN2O/c22-18-12-6-7-13-19(18)23-20-16-10-4-5-11-17(16)21(25)24(20)14-15-8-2-1-3-9-15/h1-13,20,23H,14H2/t20-/m0/s1. The van der Waals surface area contributed by atoms with Gasteiger partial charge in [0.05, 0.1) is 10.7 Å². The van der Waals surface area contributed by atoms with Crippen molar-refractivity contribution >= 4 is 23.2 Å². The van der Waals surface area contributed by atoms with Crippen molar-refractivity contribution in [3.8, 4) is 0 Å². The van der Waals surface area contributed by atoms with E-state index in [-0.39, 0.29) is 12.1 Å². The first kappa shape index (κ1) is 15.7. The largest absolute Gasteiger partial charge is 0.360 e. The minimum absolute atomic E-state index is 0.0315. The Kier molecular flexibility index (Phi) is 4.16. The topological polar surface area (TPSA) is 32.3 Å². The second-order valence-corrected chi connectivity index (χ2v) is 6.44. The lowest BCUT2D eigenvalue weighted by Crippen LogP contribution is -2.31. The maximum absolute atomic E-state index is 12.9. The summed E-state index contributed by atoms with van der Waals surface area (Å²) in [6.45, 7) is 0.538. The third-order valence-corrected chi connectivity index (χ3v) is 4.75. The lowest BCUT2D eigenvalue weighted by Gasteiger charge is -2.27. The van der Waals surface area contributed by atoms with Gasteiger partial charge in [-0.05, 0) is 23.8 Å². The number of rotatable bonds is 4. The Bertz CT molecular complexity index is 911. The Labute approximate surface area is 151 Å². The van der Waals surface area contributed by atoms with E-state index in [0.29, 0.717) is 11.6 Å². The molecule has 4 rings (SSSR count). The van der Waals surface area contributed by atoms with Crippen LogP contribution >= 0.6 is 11.6 Å². The minimum Gasteiger partial charge on any atom is -0.360 e. The molecule has 3 nitrogen and oxygen atoms in total. The molecule has 1 amide bonds. The van der Waals surface area contributed by atoms with Crippen molar-refractivity contribution < 1.29 is 4.79 Å². The summed E-state index contributed by atoms with van der Waals surface area (Å²) in [6.07, 6.45) is -0.246. The van der Waals surface area contributed by atoms with Crippen LogP contribution in [-0.4, -0.2) is 10.8 Å². The van der Waals surface area contributed by atoms with Crippen molar-refractivity contribution in [2.75, 3.05) is 5.32 Å². The predicted octanol–water partition coefficient (Wildman–Crippen LogP) is 5.11. The van der Waals surface area contributed by atoms with Crippen LogP contribution in [0.4, 0.5) is 5.69 Å². The number of anilines is 1. The molecular weight excluding hydrogens is 332 g/mol. The summed E-state index contributed by atoms with van der Waals surface area (Å²) in [7, 11) is 0. The molecular formula is C21H17ClN2O. The van der Waals surface area contributed by atoms with E-state index >= 15 is 0 Å². The van der Waals surface area contributed by atoms with E-state index in [1.54, 1.807) is 0 Å². The van der Waals surface area contributed by atoms with Crippen molar-refractivity contribution in [3.05, 3.63) is 101 Å². The summed E-state index contributed by atoms with van der Waals surface area (Å²) in [5, 5.41) is 4.08. The molecule has 0 saturated carbocycles. The smallest absolute Gasteiger partial charge is 0.256 e. The summed E-state index contributed by atoms with van der Waals surface area (Å²) in [5.41, 5.74) is 3.62. The number of carbonyl (C=O) groups excluding carboxylic acids is 1. The molecule has 0 saturated heterocycles. The summed E-state index contributed by atoms with van der Waals surface area (Å²) >= 11 is 6.31. The van der Waals surface area contributed by atoms with Gasteiger partial charge in [0.1, 0.15) is 6.17 Å². The Balaban J connectivity index is 1.71. The highest BCUT2D eigenvalue weighted by molar-refractivity contribution is 6.33. The van der Waals surface area contributed by atoms with Gasteiger partial charge in [-0.25, -0.2) is 0 Å². The van der Waals surface area contributed by atoms with Gasteiger partial charge in [0, 0.05) is 17.7 Å². The number of hydrogen-bond acceptors (Lipinski definition) is 2. The molecule has 1 heterocycles. The Morgan fingerprint density at radius 1 is 0.880 bits per heavy atom. The summed E-state index contributed by atoms with van der Waals surface area (Å²) < 4.78 is 0. The van der Waals surface area contributed by atoms with Gasteiger partial charge in [0.25, 0.3) is 5.91 Å². The third-order valence-electron chi connectivity index (χ3n) is 4.42. The van der Waals surface area contributed by atoms with Crippen LogP contribution in [0.15, 0.2) is 78.9 Å². The highest BCUT2D eigenvalue weighted by Gasteiger charge is 2.36. The molecule has 0 radical (unpaired) electrons. The van der Waals surface area contributed by atoms with Crippen LogP contribution in [-0.2, 0) is 6.54 Å². The average Bonchev–Trinajstić information content (AvgIpc) is 2.91. The molecule has 124 valence electrons. The van der Waals surface area contributed by atoms with Crippen molar-refractivity contribution in [2.24, 2.45) is 0 Å². The lowest BCUT2D eigenvalue weighted by molar-refractivity contribution is 0.0729. The van der Waals surface area contributed by atoms with E-state index in [4.69, 9.17) is 11.6 Å². The summed E-state index contributed by atoms with van der Waals surface area (Å²) in [5.74, 6) is 0.0315. The van der Waals surface area contributed by atoms with Crippen LogP contribution < -0.4 is 5.32 Å². The van der Waals surface area contributed by atoms with Crippen molar-refractivity contribution in [1.82, 2.24) is 4.90 Å². The van der Waals surface area contributed by atoms with E-state index in [0.717, 1.165) is 22.4 Å². The van der Waals surface area contributed by atoms with Crippen molar-refractivity contribution in [2.45, 2.75) is 12.7 Å². The molecule has 4 heteroatoms. The lowest BCUT2D eigenvalue weighted by atomic mass is 10.1. The average molecular weight is 349 g/mol. The minimum atomic E-state index is -0.246. The second kappa shape index (κ2) is 6.61. The van der Waals surface area contributed by atoms with E-state index in [1.165, 1.54) is 0 Å². The van der Waals surface area contributed by atoms with E-state index in [1.807, 2.05) is 83.8 Å². The Morgan fingerprint density at radius 3 is 2.36 bits per heavy atom. The fourth-order valence-electron chi connectivity index (χ4n) is 3.19. The number of carbonyl (C=O) groups is 1. The molecule has 3 aromatic carbocycles. The third kappa shape index (κ3) is 2.99. The number of para-hydroxylation sites is 1. The Hall–Kier alpha value is -2.78. The SMILES string of the molecule is O=C1c2ccccc2[C@@H](Nc2ccccc2Cl)N1Cc1ccccc1. The van der Waals surface area contributed by atoms with Crippen molar-refractivity contribution in [3.63, 3.8) is 0 Å². The highest BCUT2D eigenvalue weighted by atomic mass is 35.5.